The first-order valence-electron chi connectivity index (χ1n) is 7.09. The van der Waals surface area contributed by atoms with Crippen molar-refractivity contribution in [1.29, 1.82) is 0 Å². The molecule has 122 valence electrons. The predicted octanol–water partition coefficient (Wildman–Crippen LogP) is 3.97. The molecule has 1 aromatic carbocycles. The van der Waals surface area contributed by atoms with Gasteiger partial charge < -0.3 is 10.2 Å². The van der Waals surface area contributed by atoms with E-state index in [0.717, 1.165) is 10.4 Å². The number of halogens is 2. The number of hydrogen-bond acceptors (Lipinski definition) is 3. The Balaban J connectivity index is 1.96. The summed E-state index contributed by atoms with van der Waals surface area (Å²) < 4.78 is 14.1. The summed E-state index contributed by atoms with van der Waals surface area (Å²) in [4.78, 5) is 14.8. The van der Waals surface area contributed by atoms with Crippen LogP contribution in [0.15, 0.2) is 42.5 Å². The molecule has 2 rings (SSSR count). The number of hydrogen-bond donors (Lipinski definition) is 1. The summed E-state index contributed by atoms with van der Waals surface area (Å²) in [6.45, 7) is 0.394. The zero-order valence-electron chi connectivity index (χ0n) is 12.9. The van der Waals surface area contributed by atoms with Crippen molar-refractivity contribution in [2.75, 3.05) is 20.6 Å². The topological polar surface area (TPSA) is 32.3 Å². The zero-order chi connectivity index (χ0) is 16.8. The maximum absolute atomic E-state index is 13.4. The van der Waals surface area contributed by atoms with Crippen molar-refractivity contribution in [2.24, 2.45) is 0 Å². The van der Waals surface area contributed by atoms with Gasteiger partial charge in [0.25, 0.3) is 0 Å². The fourth-order valence-electron chi connectivity index (χ4n) is 2.14. The molecule has 0 bridgehead atoms. The van der Waals surface area contributed by atoms with Gasteiger partial charge in [-0.3, -0.25) is 4.79 Å². The van der Waals surface area contributed by atoms with E-state index < -0.39 is 0 Å². The number of amides is 1. The van der Waals surface area contributed by atoms with Gasteiger partial charge in [0.15, 0.2) is 0 Å². The third kappa shape index (κ3) is 5.46. The molecule has 3 nitrogen and oxygen atoms in total. The Bertz CT molecular complexity index is 699. The number of rotatable bonds is 6. The second-order valence-corrected chi connectivity index (χ2v) is 7.00. The molecule has 0 spiro atoms. The van der Waals surface area contributed by atoms with E-state index >= 15 is 0 Å². The first-order chi connectivity index (χ1) is 11.0. The normalized spacial score (nSPS) is 12.7. The van der Waals surface area contributed by atoms with Gasteiger partial charge in [0.1, 0.15) is 5.82 Å². The maximum Gasteiger partial charge on any atom is 0.244 e. The molecule has 2 aromatic rings. The highest BCUT2D eigenvalue weighted by Crippen LogP contribution is 2.22. The van der Waals surface area contributed by atoms with Gasteiger partial charge in [-0.05, 0) is 50.0 Å². The minimum absolute atomic E-state index is 0.0979. The highest BCUT2D eigenvalue weighted by Gasteiger charge is 2.15. The number of nitrogens with one attached hydrogen (secondary N) is 1. The molecule has 1 heterocycles. The molecule has 0 fully saturated rings. The molecule has 1 atom stereocenters. The molecule has 6 heteroatoms. The van der Waals surface area contributed by atoms with E-state index in [9.17, 15) is 9.18 Å². The number of likely N-dealkylation sites (N-methyl/N-ethyl adjacent to an activating group) is 1. The van der Waals surface area contributed by atoms with Crippen LogP contribution in [-0.2, 0) is 4.79 Å². The lowest BCUT2D eigenvalue weighted by Crippen LogP contribution is -2.33. The van der Waals surface area contributed by atoms with Gasteiger partial charge in [-0.1, -0.05) is 23.7 Å². The Hall–Kier alpha value is -1.69. The Morgan fingerprint density at radius 2 is 2.17 bits per heavy atom. The molecule has 1 N–H and O–H groups in total. The van der Waals surface area contributed by atoms with Crippen molar-refractivity contribution in [1.82, 2.24) is 10.2 Å². The highest BCUT2D eigenvalue weighted by molar-refractivity contribution is 7.17. The van der Waals surface area contributed by atoms with Gasteiger partial charge in [-0.2, -0.15) is 0 Å². The fraction of sp³-hybridized carbons (Fsp3) is 0.235. The van der Waals surface area contributed by atoms with Crippen molar-refractivity contribution in [3.05, 3.63) is 63.1 Å². The van der Waals surface area contributed by atoms with Crippen LogP contribution in [0.3, 0.4) is 0 Å². The molecule has 0 aliphatic carbocycles. The van der Waals surface area contributed by atoms with Crippen LogP contribution >= 0.6 is 22.9 Å². The van der Waals surface area contributed by atoms with Crippen molar-refractivity contribution < 1.29 is 9.18 Å². The average Bonchev–Trinajstić information content (AvgIpc) is 2.91. The molecular weight excluding hydrogens is 335 g/mol. The van der Waals surface area contributed by atoms with Crippen LogP contribution in [0.25, 0.3) is 6.08 Å². The summed E-state index contributed by atoms with van der Waals surface area (Å²) in [6, 6.07) is 9.96. The quantitative estimate of drug-likeness (QED) is 0.798. The van der Waals surface area contributed by atoms with Gasteiger partial charge in [0.05, 0.1) is 10.4 Å². The summed E-state index contributed by atoms with van der Waals surface area (Å²) in [5, 5.41) is 2.84. The molecule has 23 heavy (non-hydrogen) atoms. The highest BCUT2D eigenvalue weighted by atomic mass is 35.5. The molecule has 0 saturated carbocycles. The smallest absolute Gasteiger partial charge is 0.244 e. The number of carbonyl (C=O) groups is 1. The van der Waals surface area contributed by atoms with E-state index in [1.54, 1.807) is 18.2 Å². The van der Waals surface area contributed by atoms with Crippen LogP contribution in [0, 0.1) is 5.82 Å². The van der Waals surface area contributed by atoms with Crippen LogP contribution in [0.5, 0.6) is 0 Å². The molecule has 0 radical (unpaired) electrons. The second kappa shape index (κ2) is 8.24. The largest absolute Gasteiger partial charge is 0.351 e. The summed E-state index contributed by atoms with van der Waals surface area (Å²) >= 11 is 7.25. The average molecular weight is 353 g/mol. The Labute approximate surface area is 144 Å². The Morgan fingerprint density at radius 1 is 1.39 bits per heavy atom. The van der Waals surface area contributed by atoms with Crippen molar-refractivity contribution in [3.63, 3.8) is 0 Å². The lowest BCUT2D eigenvalue weighted by Gasteiger charge is -2.24. The number of carbonyl (C=O) groups excluding carboxylic acids is 1. The van der Waals surface area contributed by atoms with Crippen molar-refractivity contribution >= 4 is 34.9 Å². The van der Waals surface area contributed by atoms with E-state index in [2.05, 4.69) is 5.32 Å². The molecule has 0 aliphatic heterocycles. The molecule has 1 unspecified atom stereocenters. The fourth-order valence-corrected chi connectivity index (χ4v) is 3.11. The van der Waals surface area contributed by atoms with Crippen molar-refractivity contribution in [2.45, 2.75) is 6.04 Å². The van der Waals surface area contributed by atoms with Gasteiger partial charge in [-0.15, -0.1) is 11.3 Å². The van der Waals surface area contributed by atoms with E-state index in [-0.39, 0.29) is 17.8 Å². The lowest BCUT2D eigenvalue weighted by atomic mass is 10.1. The zero-order valence-corrected chi connectivity index (χ0v) is 14.5. The number of benzene rings is 1. The summed E-state index contributed by atoms with van der Waals surface area (Å²) in [7, 11) is 3.79. The monoisotopic (exact) mass is 352 g/mol. The standard InChI is InChI=1S/C17H18ClFN2OS/c1-21(2)15(12-4-3-5-13(19)10-12)11-20-17(22)9-7-14-6-8-16(18)23-14/h3-10,15H,11H2,1-2H3,(H,20,22)/b9-7+. The van der Waals surface area contributed by atoms with E-state index in [0.29, 0.717) is 10.9 Å². The van der Waals surface area contributed by atoms with Gasteiger partial charge in [0.2, 0.25) is 5.91 Å². The predicted molar refractivity (Wildman–Crippen MR) is 94.2 cm³/mol. The lowest BCUT2D eigenvalue weighted by molar-refractivity contribution is -0.116. The van der Waals surface area contributed by atoms with Gasteiger partial charge in [-0.25, -0.2) is 4.39 Å². The van der Waals surface area contributed by atoms with Gasteiger partial charge in [0, 0.05) is 17.5 Å². The van der Waals surface area contributed by atoms with E-state index in [1.165, 1.54) is 29.5 Å². The van der Waals surface area contributed by atoms with Crippen LogP contribution in [0.4, 0.5) is 4.39 Å². The van der Waals surface area contributed by atoms with E-state index in [4.69, 9.17) is 11.6 Å². The van der Waals surface area contributed by atoms with Crippen LogP contribution in [-0.4, -0.2) is 31.4 Å². The molecule has 1 aromatic heterocycles. The SMILES string of the molecule is CN(C)C(CNC(=O)/C=C/c1ccc(Cl)s1)c1cccc(F)c1. The Kier molecular flexibility index (Phi) is 6.33. The first kappa shape index (κ1) is 17.7. The van der Waals surface area contributed by atoms with Crippen LogP contribution in [0.2, 0.25) is 4.34 Å². The Morgan fingerprint density at radius 3 is 2.78 bits per heavy atom. The number of nitrogens with zero attached hydrogens (tertiary/aromatic N) is 1. The molecular formula is C17H18ClFN2OS. The third-order valence-corrected chi connectivity index (χ3v) is 4.52. The summed E-state index contributed by atoms with van der Waals surface area (Å²) in [5.41, 5.74) is 0.823. The third-order valence-electron chi connectivity index (χ3n) is 3.32. The minimum atomic E-state index is -0.282. The van der Waals surface area contributed by atoms with Crippen LogP contribution < -0.4 is 5.32 Å². The number of thiophene rings is 1. The van der Waals surface area contributed by atoms with E-state index in [1.807, 2.05) is 31.1 Å². The second-order valence-electron chi connectivity index (χ2n) is 5.25. The molecule has 1 amide bonds. The van der Waals surface area contributed by atoms with Gasteiger partial charge >= 0.3 is 0 Å². The first-order valence-corrected chi connectivity index (χ1v) is 8.28. The maximum atomic E-state index is 13.4. The molecule has 0 aliphatic rings. The molecule has 0 saturated heterocycles. The summed E-state index contributed by atoms with van der Waals surface area (Å²) in [6.07, 6.45) is 3.19. The van der Waals surface area contributed by atoms with Crippen LogP contribution in [0.1, 0.15) is 16.5 Å². The minimum Gasteiger partial charge on any atom is -0.351 e. The van der Waals surface area contributed by atoms with Crippen molar-refractivity contribution in [3.8, 4) is 0 Å². The summed E-state index contributed by atoms with van der Waals surface area (Å²) in [5.74, 6) is -0.479.